The molecule has 2 N–H and O–H groups in total. The maximum Gasteiger partial charge on any atom is 0.110 e. The molecule has 0 saturated carbocycles. The van der Waals surface area contributed by atoms with E-state index >= 15 is 0 Å². The van der Waals surface area contributed by atoms with E-state index in [4.69, 9.17) is 10.5 Å². The molecule has 0 radical (unpaired) electrons. The lowest BCUT2D eigenvalue weighted by molar-refractivity contribution is 0.0219. The molecule has 0 aliphatic carbocycles. The molecule has 0 amide bonds. The number of hydrogen-bond acceptors (Lipinski definition) is 5. The van der Waals surface area contributed by atoms with Gasteiger partial charge in [0.25, 0.3) is 0 Å². The van der Waals surface area contributed by atoms with Crippen LogP contribution in [-0.4, -0.2) is 16.3 Å². The van der Waals surface area contributed by atoms with Gasteiger partial charge in [-0.15, -0.1) is 11.3 Å². The monoisotopic (exact) mass is 208 g/mol. The van der Waals surface area contributed by atoms with E-state index in [1.807, 2.05) is 6.07 Å². The van der Waals surface area contributed by atoms with E-state index in [0.29, 0.717) is 10.4 Å². The van der Waals surface area contributed by atoms with Crippen molar-refractivity contribution in [3.63, 3.8) is 0 Å². The Morgan fingerprint density at radius 1 is 1.43 bits per heavy atom. The summed E-state index contributed by atoms with van der Waals surface area (Å²) < 4.78 is 0. The summed E-state index contributed by atoms with van der Waals surface area (Å²) in [6.45, 7) is 0. The number of rotatable bonds is 3. The maximum absolute atomic E-state index is 9.53. The lowest BCUT2D eigenvalue weighted by Gasteiger charge is -2.12. The van der Waals surface area contributed by atoms with Gasteiger partial charge in [-0.2, -0.15) is 10.5 Å². The van der Waals surface area contributed by atoms with E-state index in [2.05, 4.69) is 0 Å². The highest BCUT2D eigenvalue weighted by Gasteiger charge is 2.19. The number of aliphatic hydroxyl groups is 2. The topological polar surface area (TPSA) is 88.0 Å². The first-order chi connectivity index (χ1) is 6.69. The van der Waals surface area contributed by atoms with E-state index in [-0.39, 0.29) is 6.42 Å². The van der Waals surface area contributed by atoms with Crippen molar-refractivity contribution in [3.8, 4) is 12.1 Å². The Morgan fingerprint density at radius 2 is 2.14 bits per heavy atom. The quantitative estimate of drug-likeness (QED) is 0.773. The van der Waals surface area contributed by atoms with Crippen molar-refractivity contribution in [1.29, 1.82) is 10.5 Å². The van der Waals surface area contributed by atoms with Gasteiger partial charge in [-0.3, -0.25) is 0 Å². The summed E-state index contributed by atoms with van der Waals surface area (Å²) >= 11 is 1.20. The molecule has 0 bridgehead atoms. The van der Waals surface area contributed by atoms with Crippen LogP contribution in [0.25, 0.3) is 0 Å². The maximum atomic E-state index is 9.53. The van der Waals surface area contributed by atoms with Crippen LogP contribution in [0.4, 0.5) is 0 Å². The van der Waals surface area contributed by atoms with E-state index in [0.717, 1.165) is 0 Å². The zero-order chi connectivity index (χ0) is 10.6. The largest absolute Gasteiger partial charge is 0.389 e. The molecular formula is C9H8N2O2S. The van der Waals surface area contributed by atoms with Gasteiger partial charge < -0.3 is 10.2 Å². The van der Waals surface area contributed by atoms with Crippen molar-refractivity contribution in [2.75, 3.05) is 0 Å². The molecule has 0 aliphatic rings. The lowest BCUT2D eigenvalue weighted by Crippen LogP contribution is -2.16. The standard InChI is InChI=1S/C9H8N2O2S/c10-2-1-8(12)9(13)6-3-7(4-11)14-5-6/h3,5,8-9,12-13H,1H2. The van der Waals surface area contributed by atoms with Crippen LogP contribution in [0.2, 0.25) is 0 Å². The molecule has 0 aromatic carbocycles. The smallest absolute Gasteiger partial charge is 0.110 e. The van der Waals surface area contributed by atoms with Gasteiger partial charge in [-0.25, -0.2) is 0 Å². The summed E-state index contributed by atoms with van der Waals surface area (Å²) in [7, 11) is 0. The normalized spacial score (nSPS) is 14.0. The van der Waals surface area contributed by atoms with E-state index in [1.165, 1.54) is 17.4 Å². The first-order valence-corrected chi connectivity index (χ1v) is 4.78. The minimum absolute atomic E-state index is 0.126. The van der Waals surface area contributed by atoms with Crippen LogP contribution in [0, 0.1) is 22.7 Å². The van der Waals surface area contributed by atoms with Crippen molar-refractivity contribution in [2.24, 2.45) is 0 Å². The summed E-state index contributed by atoms with van der Waals surface area (Å²) in [6, 6.07) is 5.21. The minimum atomic E-state index is -1.10. The molecule has 5 heteroatoms. The molecule has 1 aromatic heterocycles. The second-order valence-electron chi connectivity index (χ2n) is 2.73. The SMILES string of the molecule is N#CCC(O)C(O)c1csc(C#N)c1. The third kappa shape index (κ3) is 2.30. The summed E-state index contributed by atoms with van der Waals surface area (Å²) in [4.78, 5) is 0.475. The van der Waals surface area contributed by atoms with Crippen molar-refractivity contribution in [2.45, 2.75) is 18.6 Å². The Hall–Kier alpha value is -1.40. The molecule has 14 heavy (non-hydrogen) atoms. The average Bonchev–Trinajstić information content (AvgIpc) is 2.65. The highest BCUT2D eigenvalue weighted by molar-refractivity contribution is 7.10. The summed E-state index contributed by atoms with van der Waals surface area (Å²) in [6.07, 6.45) is -2.31. The average molecular weight is 208 g/mol. The van der Waals surface area contributed by atoms with Crippen LogP contribution in [0.5, 0.6) is 0 Å². The molecule has 4 nitrogen and oxygen atoms in total. The molecule has 0 spiro atoms. The first kappa shape index (κ1) is 10.7. The molecule has 0 aliphatic heterocycles. The molecule has 1 heterocycles. The summed E-state index contributed by atoms with van der Waals surface area (Å²) in [5.74, 6) is 0. The van der Waals surface area contributed by atoms with Crippen molar-refractivity contribution in [1.82, 2.24) is 0 Å². The number of nitriles is 2. The van der Waals surface area contributed by atoms with E-state index < -0.39 is 12.2 Å². The van der Waals surface area contributed by atoms with Gasteiger partial charge in [-0.05, 0) is 17.0 Å². The van der Waals surface area contributed by atoms with Gasteiger partial charge >= 0.3 is 0 Å². The van der Waals surface area contributed by atoms with E-state index in [1.54, 1.807) is 11.4 Å². The molecule has 0 saturated heterocycles. The Kier molecular flexibility index (Phi) is 3.61. The molecule has 1 aromatic rings. The third-order valence-electron chi connectivity index (χ3n) is 1.74. The Labute approximate surface area is 85.3 Å². The van der Waals surface area contributed by atoms with Gasteiger partial charge in [0.1, 0.15) is 17.1 Å². The van der Waals surface area contributed by atoms with Crippen LogP contribution in [0.3, 0.4) is 0 Å². The molecule has 1 rings (SSSR count). The zero-order valence-corrected chi connectivity index (χ0v) is 8.03. The number of thiophene rings is 1. The van der Waals surface area contributed by atoms with Crippen LogP contribution in [-0.2, 0) is 0 Å². The number of aliphatic hydroxyl groups excluding tert-OH is 2. The van der Waals surface area contributed by atoms with Gasteiger partial charge in [-0.1, -0.05) is 0 Å². The molecule has 72 valence electrons. The predicted molar refractivity (Wildman–Crippen MR) is 50.2 cm³/mol. The fraction of sp³-hybridized carbons (Fsp3) is 0.333. The zero-order valence-electron chi connectivity index (χ0n) is 7.21. The second kappa shape index (κ2) is 4.73. The van der Waals surface area contributed by atoms with E-state index in [9.17, 15) is 10.2 Å². The second-order valence-corrected chi connectivity index (χ2v) is 3.64. The Morgan fingerprint density at radius 3 is 2.64 bits per heavy atom. The van der Waals surface area contributed by atoms with Crippen LogP contribution in [0.1, 0.15) is 23.0 Å². The Balaban J connectivity index is 2.75. The number of nitrogens with zero attached hydrogens (tertiary/aromatic N) is 2. The summed E-state index contributed by atoms with van der Waals surface area (Å²) in [5.41, 5.74) is 0.481. The third-order valence-corrected chi connectivity index (χ3v) is 2.59. The van der Waals surface area contributed by atoms with Gasteiger partial charge in [0.05, 0.1) is 18.6 Å². The summed E-state index contributed by atoms with van der Waals surface area (Å²) in [5, 5.41) is 37.3. The molecule has 2 atom stereocenters. The van der Waals surface area contributed by atoms with Crippen LogP contribution in [0.15, 0.2) is 11.4 Å². The highest BCUT2D eigenvalue weighted by Crippen LogP contribution is 2.23. The van der Waals surface area contributed by atoms with Crippen molar-refractivity contribution >= 4 is 11.3 Å². The van der Waals surface area contributed by atoms with Crippen molar-refractivity contribution in [3.05, 3.63) is 21.9 Å². The molecule has 2 unspecified atom stereocenters. The molecular weight excluding hydrogens is 200 g/mol. The minimum Gasteiger partial charge on any atom is -0.389 e. The fourth-order valence-corrected chi connectivity index (χ4v) is 1.72. The van der Waals surface area contributed by atoms with Gasteiger partial charge in [0, 0.05) is 0 Å². The molecule has 0 fully saturated rings. The van der Waals surface area contributed by atoms with Crippen LogP contribution < -0.4 is 0 Å². The fourth-order valence-electron chi connectivity index (χ4n) is 0.992. The lowest BCUT2D eigenvalue weighted by atomic mass is 10.1. The van der Waals surface area contributed by atoms with Gasteiger partial charge in [0.2, 0.25) is 0 Å². The van der Waals surface area contributed by atoms with Crippen molar-refractivity contribution < 1.29 is 10.2 Å². The number of hydrogen-bond donors (Lipinski definition) is 2. The first-order valence-electron chi connectivity index (χ1n) is 3.90. The van der Waals surface area contributed by atoms with Crippen LogP contribution >= 0.6 is 11.3 Å². The highest BCUT2D eigenvalue weighted by atomic mass is 32.1. The van der Waals surface area contributed by atoms with Gasteiger partial charge in [0.15, 0.2) is 0 Å². The Bertz CT molecular complexity index is 388. The predicted octanol–water partition coefficient (Wildman–Crippen LogP) is 0.928.